The van der Waals surface area contributed by atoms with E-state index in [4.69, 9.17) is 11.6 Å². The summed E-state index contributed by atoms with van der Waals surface area (Å²) in [7, 11) is 3.49. The molecule has 2 rings (SSSR count). The Bertz CT molecular complexity index is 663. The zero-order chi connectivity index (χ0) is 15.4. The third kappa shape index (κ3) is 3.95. The van der Waals surface area contributed by atoms with Gasteiger partial charge in [-0.05, 0) is 23.8 Å². The molecule has 0 aliphatic carbocycles. The largest absolute Gasteiger partial charge is 0.373 e. The molecule has 0 bridgehead atoms. The Morgan fingerprint density at radius 3 is 2.76 bits per heavy atom. The van der Waals surface area contributed by atoms with Gasteiger partial charge in [-0.3, -0.25) is 4.79 Å². The number of carbonyl (C=O) groups excluding carboxylic acids is 1. The monoisotopic (exact) mass is 367 g/mol. The summed E-state index contributed by atoms with van der Waals surface area (Å²) in [6.45, 7) is 0.509. The second-order valence-electron chi connectivity index (χ2n) is 4.57. The molecule has 0 atom stereocenters. The molecule has 110 valence electrons. The summed E-state index contributed by atoms with van der Waals surface area (Å²) in [6.07, 6.45) is 0. The van der Waals surface area contributed by atoms with Gasteiger partial charge in [-0.2, -0.15) is 0 Å². The van der Waals surface area contributed by atoms with Crippen LogP contribution in [0.5, 0.6) is 0 Å². The highest BCUT2D eigenvalue weighted by Gasteiger charge is 2.15. The van der Waals surface area contributed by atoms with E-state index >= 15 is 0 Å². The lowest BCUT2D eigenvalue weighted by atomic mass is 10.2. The molecule has 6 heteroatoms. The number of pyridine rings is 1. The van der Waals surface area contributed by atoms with Gasteiger partial charge in [0.05, 0.1) is 0 Å². The molecule has 0 spiro atoms. The first-order valence-electron chi connectivity index (χ1n) is 6.35. The second-order valence-corrected chi connectivity index (χ2v) is 5.81. The molecule has 2 aromatic rings. The third-order valence-electron chi connectivity index (χ3n) is 3.01. The highest BCUT2D eigenvalue weighted by Crippen LogP contribution is 2.20. The van der Waals surface area contributed by atoms with Crippen LogP contribution in [0, 0.1) is 0 Å². The molecule has 0 aliphatic heterocycles. The van der Waals surface area contributed by atoms with E-state index in [9.17, 15) is 4.79 Å². The Morgan fingerprint density at radius 1 is 1.38 bits per heavy atom. The Hall–Kier alpha value is -1.59. The molecule has 0 unspecified atom stereocenters. The lowest BCUT2D eigenvalue weighted by molar-refractivity contribution is 0.0785. The standard InChI is InChI=1S/C15H15BrClN3O/c1-18-14-8-11(7-13(17)19-14)15(21)20(2)9-10-5-3-4-6-12(10)16/h3-8H,9H2,1-2H3,(H,18,19). The fourth-order valence-corrected chi connectivity index (χ4v) is 2.54. The number of anilines is 1. The molecule has 1 aromatic carbocycles. The van der Waals surface area contributed by atoms with Crippen molar-refractivity contribution in [3.63, 3.8) is 0 Å². The highest BCUT2D eigenvalue weighted by atomic mass is 79.9. The molecular weight excluding hydrogens is 354 g/mol. The first kappa shape index (κ1) is 15.8. The van der Waals surface area contributed by atoms with E-state index in [2.05, 4.69) is 26.2 Å². The molecule has 0 saturated heterocycles. The predicted molar refractivity (Wildman–Crippen MR) is 88.7 cm³/mol. The van der Waals surface area contributed by atoms with Gasteiger partial charge in [-0.15, -0.1) is 0 Å². The summed E-state index contributed by atoms with van der Waals surface area (Å²) >= 11 is 9.42. The van der Waals surface area contributed by atoms with Crippen molar-refractivity contribution in [3.05, 3.63) is 57.2 Å². The Balaban J connectivity index is 2.20. The van der Waals surface area contributed by atoms with E-state index in [-0.39, 0.29) is 5.91 Å². The van der Waals surface area contributed by atoms with Crippen molar-refractivity contribution in [2.75, 3.05) is 19.4 Å². The maximum atomic E-state index is 12.5. The van der Waals surface area contributed by atoms with Crippen molar-refractivity contribution in [1.82, 2.24) is 9.88 Å². The van der Waals surface area contributed by atoms with Crippen LogP contribution in [0.3, 0.4) is 0 Å². The summed E-state index contributed by atoms with van der Waals surface area (Å²) in [5.41, 5.74) is 1.55. The topological polar surface area (TPSA) is 45.2 Å². The SMILES string of the molecule is CNc1cc(C(=O)N(C)Cc2ccccc2Br)cc(Cl)n1. The summed E-state index contributed by atoms with van der Waals surface area (Å²) < 4.78 is 0.980. The molecule has 0 aliphatic rings. The maximum Gasteiger partial charge on any atom is 0.254 e. The molecule has 21 heavy (non-hydrogen) atoms. The number of hydrogen-bond acceptors (Lipinski definition) is 3. The van der Waals surface area contributed by atoms with Gasteiger partial charge in [0.1, 0.15) is 11.0 Å². The average molecular weight is 369 g/mol. The van der Waals surface area contributed by atoms with Crippen LogP contribution in [-0.4, -0.2) is 29.9 Å². The van der Waals surface area contributed by atoms with Crippen molar-refractivity contribution in [1.29, 1.82) is 0 Å². The number of amides is 1. The Kier molecular flexibility index (Phi) is 5.20. The molecule has 1 aromatic heterocycles. The van der Waals surface area contributed by atoms with Crippen molar-refractivity contribution in [2.45, 2.75) is 6.54 Å². The van der Waals surface area contributed by atoms with Gasteiger partial charge in [-0.1, -0.05) is 45.7 Å². The van der Waals surface area contributed by atoms with Gasteiger partial charge in [-0.25, -0.2) is 4.98 Å². The molecular formula is C15H15BrClN3O. The van der Waals surface area contributed by atoms with Crippen molar-refractivity contribution in [3.8, 4) is 0 Å². The Morgan fingerprint density at radius 2 is 2.10 bits per heavy atom. The molecule has 1 N–H and O–H groups in total. The fourth-order valence-electron chi connectivity index (χ4n) is 1.92. The van der Waals surface area contributed by atoms with Crippen LogP contribution in [-0.2, 0) is 6.54 Å². The predicted octanol–water partition coefficient (Wildman–Crippen LogP) is 3.81. The minimum atomic E-state index is -0.105. The minimum Gasteiger partial charge on any atom is -0.373 e. The normalized spacial score (nSPS) is 10.3. The number of halogens is 2. The van der Waals surface area contributed by atoms with Crippen molar-refractivity contribution in [2.24, 2.45) is 0 Å². The van der Waals surface area contributed by atoms with E-state index in [0.29, 0.717) is 23.1 Å². The average Bonchev–Trinajstić information content (AvgIpc) is 2.48. The summed E-state index contributed by atoms with van der Waals surface area (Å²) in [6, 6.07) is 11.1. The molecule has 0 radical (unpaired) electrons. The van der Waals surface area contributed by atoms with Crippen LogP contribution in [0.2, 0.25) is 5.15 Å². The summed E-state index contributed by atoms with van der Waals surface area (Å²) in [5.74, 6) is 0.465. The van der Waals surface area contributed by atoms with Crippen LogP contribution in [0.4, 0.5) is 5.82 Å². The highest BCUT2D eigenvalue weighted by molar-refractivity contribution is 9.10. The molecule has 1 amide bonds. The minimum absolute atomic E-state index is 0.105. The van der Waals surface area contributed by atoms with E-state index in [1.54, 1.807) is 31.1 Å². The van der Waals surface area contributed by atoms with Crippen LogP contribution in [0.15, 0.2) is 40.9 Å². The Labute approximate surface area is 137 Å². The van der Waals surface area contributed by atoms with E-state index in [1.807, 2.05) is 24.3 Å². The van der Waals surface area contributed by atoms with Crippen LogP contribution >= 0.6 is 27.5 Å². The summed E-state index contributed by atoms with van der Waals surface area (Å²) in [5, 5.41) is 3.18. The number of hydrogen-bond donors (Lipinski definition) is 1. The number of aromatic nitrogens is 1. The number of benzene rings is 1. The van der Waals surface area contributed by atoms with E-state index < -0.39 is 0 Å². The van der Waals surface area contributed by atoms with E-state index in [0.717, 1.165) is 10.0 Å². The van der Waals surface area contributed by atoms with Gasteiger partial charge in [0.2, 0.25) is 0 Å². The number of rotatable bonds is 4. The molecule has 0 fully saturated rings. The van der Waals surface area contributed by atoms with Crippen molar-refractivity contribution >= 4 is 39.3 Å². The van der Waals surface area contributed by atoms with Crippen LogP contribution in [0.1, 0.15) is 15.9 Å². The van der Waals surface area contributed by atoms with Gasteiger partial charge in [0.25, 0.3) is 5.91 Å². The number of nitrogens with one attached hydrogen (secondary N) is 1. The molecule has 1 heterocycles. The van der Waals surface area contributed by atoms with Gasteiger partial charge in [0, 0.05) is 30.7 Å². The molecule has 0 saturated carbocycles. The first-order chi connectivity index (χ1) is 10.0. The quantitative estimate of drug-likeness (QED) is 0.835. The van der Waals surface area contributed by atoms with E-state index in [1.165, 1.54) is 0 Å². The van der Waals surface area contributed by atoms with Crippen LogP contribution < -0.4 is 5.32 Å². The van der Waals surface area contributed by atoms with Gasteiger partial charge < -0.3 is 10.2 Å². The smallest absolute Gasteiger partial charge is 0.254 e. The van der Waals surface area contributed by atoms with Gasteiger partial charge >= 0.3 is 0 Å². The second kappa shape index (κ2) is 6.91. The third-order valence-corrected chi connectivity index (χ3v) is 3.98. The first-order valence-corrected chi connectivity index (χ1v) is 7.52. The lowest BCUT2D eigenvalue weighted by Gasteiger charge is -2.18. The zero-order valence-electron chi connectivity index (χ0n) is 11.7. The number of nitrogens with zero attached hydrogens (tertiary/aromatic N) is 2. The van der Waals surface area contributed by atoms with Crippen molar-refractivity contribution < 1.29 is 4.79 Å². The fraction of sp³-hybridized carbons (Fsp3) is 0.200. The lowest BCUT2D eigenvalue weighted by Crippen LogP contribution is -2.26. The van der Waals surface area contributed by atoms with Crippen LogP contribution in [0.25, 0.3) is 0 Å². The number of carbonyl (C=O) groups is 1. The van der Waals surface area contributed by atoms with Gasteiger partial charge in [0.15, 0.2) is 0 Å². The maximum absolute atomic E-state index is 12.5. The summed E-state index contributed by atoms with van der Waals surface area (Å²) in [4.78, 5) is 18.2. The molecule has 4 nitrogen and oxygen atoms in total. The zero-order valence-corrected chi connectivity index (χ0v) is 14.1.